The predicted octanol–water partition coefficient (Wildman–Crippen LogP) is -0.906. The Labute approximate surface area is 129 Å². The van der Waals surface area contributed by atoms with E-state index in [2.05, 4.69) is 5.32 Å². The Bertz CT molecular complexity index is 311. The van der Waals surface area contributed by atoms with Crippen molar-refractivity contribution < 1.29 is 24.2 Å². The van der Waals surface area contributed by atoms with Crippen molar-refractivity contribution in [3.05, 3.63) is 0 Å². The van der Waals surface area contributed by atoms with Crippen molar-refractivity contribution in [1.82, 2.24) is 10.2 Å². The molecule has 8 heteroatoms. The second-order valence-electron chi connectivity index (χ2n) is 4.53. The monoisotopic (exact) mass is 320 g/mol. The van der Waals surface area contributed by atoms with Crippen molar-refractivity contribution in [1.29, 1.82) is 0 Å². The fourth-order valence-electron chi connectivity index (χ4n) is 1.75. The van der Waals surface area contributed by atoms with Crippen LogP contribution in [0.3, 0.4) is 0 Å². The molecular weight excluding hydrogens is 296 g/mol. The molecule has 21 heavy (non-hydrogen) atoms. The molecule has 1 fully saturated rings. The van der Waals surface area contributed by atoms with E-state index in [9.17, 15) is 9.59 Å². The molecule has 1 heterocycles. The van der Waals surface area contributed by atoms with Crippen LogP contribution in [-0.4, -0.2) is 86.0 Å². The van der Waals surface area contributed by atoms with Gasteiger partial charge < -0.3 is 24.8 Å². The summed E-state index contributed by atoms with van der Waals surface area (Å²) in [6.45, 7) is 3.86. The first-order valence-electron chi connectivity index (χ1n) is 7.12. The van der Waals surface area contributed by atoms with Crippen LogP contribution in [0.15, 0.2) is 0 Å². The largest absolute Gasteiger partial charge is 0.394 e. The average Bonchev–Trinajstić information content (AvgIpc) is 2.51. The van der Waals surface area contributed by atoms with Gasteiger partial charge in [-0.05, 0) is 6.42 Å². The summed E-state index contributed by atoms with van der Waals surface area (Å²) in [6, 6.07) is 0. The molecule has 0 aromatic rings. The van der Waals surface area contributed by atoms with Gasteiger partial charge in [-0.3, -0.25) is 9.59 Å². The number of nitrogens with one attached hydrogen (secondary N) is 1. The molecule has 1 aliphatic rings. The van der Waals surface area contributed by atoms with Crippen LogP contribution < -0.4 is 5.32 Å². The number of aliphatic hydroxyl groups excluding tert-OH is 1. The number of rotatable bonds is 10. The van der Waals surface area contributed by atoms with Crippen molar-refractivity contribution in [2.45, 2.75) is 6.42 Å². The van der Waals surface area contributed by atoms with Gasteiger partial charge in [0.2, 0.25) is 11.8 Å². The van der Waals surface area contributed by atoms with Crippen molar-refractivity contribution in [2.75, 3.05) is 64.2 Å². The van der Waals surface area contributed by atoms with Crippen LogP contribution in [-0.2, 0) is 19.1 Å². The fraction of sp³-hybridized carbons (Fsp3) is 0.846. The summed E-state index contributed by atoms with van der Waals surface area (Å²) in [5.41, 5.74) is 0. The summed E-state index contributed by atoms with van der Waals surface area (Å²) in [5, 5.41) is 11.3. The van der Waals surface area contributed by atoms with Crippen LogP contribution in [0.25, 0.3) is 0 Å². The quantitative estimate of drug-likeness (QED) is 0.507. The number of carbonyl (C=O) groups excluding carboxylic acids is 2. The molecule has 0 bridgehead atoms. The minimum Gasteiger partial charge on any atom is -0.394 e. The maximum atomic E-state index is 11.8. The van der Waals surface area contributed by atoms with Gasteiger partial charge in [-0.1, -0.05) is 0 Å². The van der Waals surface area contributed by atoms with Crippen LogP contribution in [0.1, 0.15) is 6.42 Å². The second kappa shape index (κ2) is 11.8. The van der Waals surface area contributed by atoms with E-state index in [-0.39, 0.29) is 24.2 Å². The normalized spacial score (nSPS) is 15.0. The molecule has 0 atom stereocenters. The highest BCUT2D eigenvalue weighted by atomic mass is 32.2. The molecule has 2 amide bonds. The van der Waals surface area contributed by atoms with Crippen molar-refractivity contribution in [2.24, 2.45) is 0 Å². The zero-order chi connectivity index (χ0) is 15.3. The van der Waals surface area contributed by atoms with Crippen molar-refractivity contribution in [3.8, 4) is 0 Å². The summed E-state index contributed by atoms with van der Waals surface area (Å²) in [7, 11) is 0. The molecule has 0 aromatic heterocycles. The number of ether oxygens (including phenoxy) is 2. The van der Waals surface area contributed by atoms with Gasteiger partial charge in [0.05, 0.1) is 37.9 Å². The molecule has 0 radical (unpaired) electrons. The van der Waals surface area contributed by atoms with E-state index in [1.807, 2.05) is 0 Å². The lowest BCUT2D eigenvalue weighted by Gasteiger charge is -2.26. The van der Waals surface area contributed by atoms with Gasteiger partial charge in [-0.15, -0.1) is 11.8 Å². The number of aliphatic hydroxyl groups is 1. The molecule has 0 aromatic carbocycles. The van der Waals surface area contributed by atoms with Gasteiger partial charge in [0.25, 0.3) is 0 Å². The average molecular weight is 320 g/mol. The van der Waals surface area contributed by atoms with E-state index >= 15 is 0 Å². The summed E-state index contributed by atoms with van der Waals surface area (Å²) in [5.74, 6) is 0.603. The Hall–Kier alpha value is -0.830. The predicted molar refractivity (Wildman–Crippen MR) is 80.3 cm³/mol. The van der Waals surface area contributed by atoms with Crippen molar-refractivity contribution >= 4 is 23.6 Å². The second-order valence-corrected chi connectivity index (χ2v) is 5.51. The van der Waals surface area contributed by atoms with Gasteiger partial charge >= 0.3 is 0 Å². The van der Waals surface area contributed by atoms with E-state index in [4.69, 9.17) is 14.6 Å². The topological polar surface area (TPSA) is 88.1 Å². The molecule has 2 N–H and O–H groups in total. The number of hydrogen-bond donors (Lipinski definition) is 2. The van der Waals surface area contributed by atoms with Crippen LogP contribution in [0, 0.1) is 0 Å². The Balaban J connectivity index is 1.96. The van der Waals surface area contributed by atoms with Crippen molar-refractivity contribution in [3.63, 3.8) is 0 Å². The minimum atomic E-state index is -0.0723. The Kier molecular flexibility index (Phi) is 10.2. The molecule has 1 aliphatic heterocycles. The molecule has 1 saturated heterocycles. The standard InChI is InChI=1S/C13H24N2O5S/c16-5-9-19-6-1-2-14-12(17)10-21-11-13(18)15-3-7-20-8-4-15/h16H,1-11H2,(H,14,17). The third kappa shape index (κ3) is 8.92. The minimum absolute atomic E-state index is 0.0141. The number of amides is 2. The third-order valence-corrected chi connectivity index (χ3v) is 3.76. The summed E-state index contributed by atoms with van der Waals surface area (Å²) < 4.78 is 10.3. The zero-order valence-electron chi connectivity index (χ0n) is 12.2. The number of nitrogens with zero attached hydrogens (tertiary/aromatic N) is 1. The van der Waals surface area contributed by atoms with Gasteiger partial charge in [0.15, 0.2) is 0 Å². The van der Waals surface area contributed by atoms with Gasteiger partial charge in [0.1, 0.15) is 0 Å². The number of morpholine rings is 1. The molecule has 122 valence electrons. The first-order chi connectivity index (χ1) is 10.2. The highest BCUT2D eigenvalue weighted by Crippen LogP contribution is 2.04. The number of thioether (sulfide) groups is 1. The lowest BCUT2D eigenvalue weighted by atomic mass is 10.4. The first-order valence-corrected chi connectivity index (χ1v) is 8.28. The van der Waals surface area contributed by atoms with E-state index < -0.39 is 0 Å². The Morgan fingerprint density at radius 2 is 2.00 bits per heavy atom. The van der Waals surface area contributed by atoms with Crippen LogP contribution in [0.2, 0.25) is 0 Å². The SMILES string of the molecule is O=C(CSCC(=O)N1CCOCC1)NCCCOCCO. The number of carbonyl (C=O) groups is 2. The molecule has 0 aliphatic carbocycles. The highest BCUT2D eigenvalue weighted by Gasteiger charge is 2.16. The fourth-order valence-corrected chi connectivity index (χ4v) is 2.50. The lowest BCUT2D eigenvalue weighted by Crippen LogP contribution is -2.41. The molecule has 1 rings (SSSR count). The van der Waals surface area contributed by atoms with Crippen LogP contribution in [0.4, 0.5) is 0 Å². The zero-order valence-corrected chi connectivity index (χ0v) is 13.0. The summed E-state index contributed by atoms with van der Waals surface area (Å²) in [4.78, 5) is 25.1. The molecule has 0 spiro atoms. The maximum absolute atomic E-state index is 11.8. The van der Waals surface area contributed by atoms with Crippen LogP contribution in [0.5, 0.6) is 0 Å². The Morgan fingerprint density at radius 3 is 2.71 bits per heavy atom. The summed E-state index contributed by atoms with van der Waals surface area (Å²) in [6.07, 6.45) is 0.711. The van der Waals surface area contributed by atoms with E-state index in [1.54, 1.807) is 4.90 Å². The highest BCUT2D eigenvalue weighted by molar-refractivity contribution is 8.00. The van der Waals surface area contributed by atoms with E-state index in [0.717, 1.165) is 0 Å². The number of hydrogen-bond acceptors (Lipinski definition) is 6. The lowest BCUT2D eigenvalue weighted by molar-refractivity contribution is -0.132. The molecular formula is C13H24N2O5S. The van der Waals surface area contributed by atoms with Gasteiger partial charge in [-0.2, -0.15) is 0 Å². The first kappa shape index (κ1) is 18.2. The van der Waals surface area contributed by atoms with E-state index in [0.29, 0.717) is 58.2 Å². The Morgan fingerprint density at radius 1 is 1.24 bits per heavy atom. The molecule has 7 nitrogen and oxygen atoms in total. The summed E-state index contributed by atoms with van der Waals surface area (Å²) >= 11 is 1.33. The maximum Gasteiger partial charge on any atom is 0.232 e. The smallest absolute Gasteiger partial charge is 0.232 e. The molecule has 0 saturated carbocycles. The molecule has 0 unspecified atom stereocenters. The third-order valence-electron chi connectivity index (χ3n) is 2.85. The van der Waals surface area contributed by atoms with Gasteiger partial charge in [-0.25, -0.2) is 0 Å². The van der Waals surface area contributed by atoms with E-state index in [1.165, 1.54) is 11.8 Å². The van der Waals surface area contributed by atoms with Gasteiger partial charge in [0, 0.05) is 26.2 Å². The van der Waals surface area contributed by atoms with Crippen LogP contribution >= 0.6 is 11.8 Å².